The number of nitrogens with zero attached hydrogens (tertiary/aromatic N) is 1. The molecule has 0 atom stereocenters. The van der Waals surface area contributed by atoms with Crippen LogP contribution < -0.4 is 15.4 Å². The number of urea groups is 1. The highest BCUT2D eigenvalue weighted by molar-refractivity contribution is 7.98. The zero-order valence-electron chi connectivity index (χ0n) is 13.7. The molecule has 0 spiro atoms. The van der Waals surface area contributed by atoms with E-state index < -0.39 is 0 Å². The van der Waals surface area contributed by atoms with Crippen molar-refractivity contribution in [2.45, 2.75) is 18.4 Å². The average Bonchev–Trinajstić information content (AvgIpc) is 2.79. The van der Waals surface area contributed by atoms with Gasteiger partial charge < -0.3 is 10.6 Å². The molecule has 1 aromatic rings. The van der Waals surface area contributed by atoms with E-state index >= 15 is 0 Å². The highest BCUT2D eigenvalue weighted by Gasteiger charge is 2.13. The molecule has 1 aliphatic carbocycles. The lowest BCUT2D eigenvalue weighted by Gasteiger charge is -2.03. The Kier molecular flexibility index (Phi) is 5.17. The Morgan fingerprint density at radius 2 is 2.04 bits per heavy atom. The van der Waals surface area contributed by atoms with E-state index in [9.17, 15) is 4.79 Å². The first-order valence-electron chi connectivity index (χ1n) is 7.89. The average molecular weight is 340 g/mol. The third-order valence-electron chi connectivity index (χ3n) is 3.69. The molecule has 0 unspecified atom stereocenters. The van der Waals surface area contributed by atoms with E-state index in [1.807, 2.05) is 32.2 Å². The van der Waals surface area contributed by atoms with E-state index in [1.165, 1.54) is 17.5 Å². The van der Waals surface area contributed by atoms with Crippen LogP contribution in [-0.2, 0) is 6.54 Å². The lowest BCUT2D eigenvalue weighted by atomic mass is 10.1. The van der Waals surface area contributed by atoms with Crippen LogP contribution >= 0.6 is 11.9 Å². The van der Waals surface area contributed by atoms with Crippen LogP contribution in [0, 0.1) is 0 Å². The summed E-state index contributed by atoms with van der Waals surface area (Å²) >= 11 is 1.29. The summed E-state index contributed by atoms with van der Waals surface area (Å²) in [5.41, 5.74) is 4.26. The number of aromatic nitrogens is 1. The van der Waals surface area contributed by atoms with E-state index in [0.717, 1.165) is 33.6 Å². The van der Waals surface area contributed by atoms with Crippen molar-refractivity contribution in [3.8, 4) is 11.3 Å². The molecule has 0 saturated carbocycles. The molecule has 3 N–H and O–H groups in total. The zero-order valence-corrected chi connectivity index (χ0v) is 14.5. The fraction of sp³-hybridized carbons (Fsp3) is 0.222. The monoisotopic (exact) mass is 340 g/mol. The Morgan fingerprint density at radius 1 is 1.21 bits per heavy atom. The summed E-state index contributed by atoms with van der Waals surface area (Å²) in [4.78, 5) is 17.3. The van der Waals surface area contributed by atoms with E-state index in [-0.39, 0.29) is 6.03 Å². The minimum Gasteiger partial charge on any atom is -0.338 e. The lowest BCUT2D eigenvalue weighted by molar-refractivity contribution is 0.247. The molecule has 5 nitrogen and oxygen atoms in total. The van der Waals surface area contributed by atoms with Gasteiger partial charge in [0.15, 0.2) is 0 Å². The third-order valence-corrected chi connectivity index (χ3v) is 4.46. The van der Waals surface area contributed by atoms with Crippen molar-refractivity contribution in [3.05, 3.63) is 48.0 Å². The van der Waals surface area contributed by atoms with Crippen LogP contribution in [0.15, 0.2) is 47.4 Å². The quantitative estimate of drug-likeness (QED) is 0.623. The SMILES string of the molecule is CCNC(=O)NSc1cccc2c3cccc(CNC)c3nc-2c1. The van der Waals surface area contributed by atoms with Crippen LogP contribution in [0.25, 0.3) is 22.2 Å². The number of amides is 2. The standard InChI is InChI=1S/C18H20N4OS/c1-3-20-18(23)22-24-13-7-5-8-14-15-9-4-6-12(11-19-2)17(15)21-16(14)10-13/h4-10,19H,3,11H2,1-2H3,(H2,20,22,23). The van der Waals surface area contributed by atoms with Gasteiger partial charge in [-0.25, -0.2) is 9.78 Å². The van der Waals surface area contributed by atoms with Crippen LogP contribution in [0.4, 0.5) is 4.79 Å². The van der Waals surface area contributed by atoms with Crippen molar-refractivity contribution in [2.24, 2.45) is 0 Å². The predicted octanol–water partition coefficient (Wildman–Crippen LogP) is 3.39. The van der Waals surface area contributed by atoms with Gasteiger partial charge in [-0.1, -0.05) is 30.3 Å². The Bertz CT molecular complexity index is 837. The van der Waals surface area contributed by atoms with Gasteiger partial charge in [0.1, 0.15) is 0 Å². The number of rotatable bonds is 5. The van der Waals surface area contributed by atoms with Gasteiger partial charge in [-0.3, -0.25) is 4.72 Å². The molecule has 0 saturated heterocycles. The fourth-order valence-corrected chi connectivity index (χ4v) is 3.26. The van der Waals surface area contributed by atoms with E-state index in [2.05, 4.69) is 39.6 Å². The van der Waals surface area contributed by atoms with Crippen LogP contribution in [0.3, 0.4) is 0 Å². The summed E-state index contributed by atoms with van der Waals surface area (Å²) in [6.45, 7) is 3.27. The van der Waals surface area contributed by atoms with Gasteiger partial charge >= 0.3 is 6.03 Å². The van der Waals surface area contributed by atoms with E-state index in [4.69, 9.17) is 4.98 Å². The Morgan fingerprint density at radius 3 is 2.83 bits per heavy atom. The molecule has 1 heterocycles. The Balaban J connectivity index is 1.95. The topological polar surface area (TPSA) is 66.1 Å². The summed E-state index contributed by atoms with van der Waals surface area (Å²) in [5, 5.41) is 7.05. The molecule has 2 aliphatic rings. The normalized spacial score (nSPS) is 10.9. The molecular weight excluding hydrogens is 320 g/mol. The fourth-order valence-electron chi connectivity index (χ4n) is 2.67. The molecule has 1 aliphatic heterocycles. The zero-order chi connectivity index (χ0) is 16.9. The molecule has 0 aromatic heterocycles. The number of nitrogens with one attached hydrogen (secondary N) is 3. The van der Waals surface area contributed by atoms with Crippen molar-refractivity contribution in [1.82, 2.24) is 20.3 Å². The lowest BCUT2D eigenvalue weighted by Crippen LogP contribution is -2.30. The van der Waals surface area contributed by atoms with E-state index in [1.54, 1.807) is 0 Å². The number of hydrogen-bond donors (Lipinski definition) is 3. The Hall–Kier alpha value is -2.31. The summed E-state index contributed by atoms with van der Waals surface area (Å²) in [5.74, 6) is 0. The molecule has 0 fully saturated rings. The van der Waals surface area contributed by atoms with Gasteiger partial charge in [-0.2, -0.15) is 0 Å². The van der Waals surface area contributed by atoms with Gasteiger partial charge in [-0.15, -0.1) is 0 Å². The van der Waals surface area contributed by atoms with Crippen molar-refractivity contribution >= 4 is 28.9 Å². The second-order valence-electron chi connectivity index (χ2n) is 5.39. The van der Waals surface area contributed by atoms with Crippen LogP contribution in [-0.4, -0.2) is 24.6 Å². The maximum atomic E-state index is 11.5. The van der Waals surface area contributed by atoms with Crippen molar-refractivity contribution in [3.63, 3.8) is 0 Å². The first kappa shape index (κ1) is 16.5. The molecule has 6 heteroatoms. The summed E-state index contributed by atoms with van der Waals surface area (Å²) in [6.07, 6.45) is 0. The second kappa shape index (κ2) is 7.51. The minimum absolute atomic E-state index is 0.192. The minimum atomic E-state index is -0.192. The maximum absolute atomic E-state index is 11.5. The maximum Gasteiger partial charge on any atom is 0.325 e. The highest BCUT2D eigenvalue weighted by Crippen LogP contribution is 2.33. The third kappa shape index (κ3) is 3.44. The van der Waals surface area contributed by atoms with Crippen LogP contribution in [0.2, 0.25) is 0 Å². The number of benzene rings is 1. The summed E-state index contributed by atoms with van der Waals surface area (Å²) < 4.78 is 2.77. The number of carbonyl (C=O) groups excluding carboxylic acids is 1. The largest absolute Gasteiger partial charge is 0.338 e. The van der Waals surface area contributed by atoms with Gasteiger partial charge in [0, 0.05) is 28.9 Å². The van der Waals surface area contributed by atoms with Gasteiger partial charge in [-0.05, 0) is 43.6 Å². The van der Waals surface area contributed by atoms with Crippen molar-refractivity contribution in [1.29, 1.82) is 0 Å². The summed E-state index contributed by atoms with van der Waals surface area (Å²) in [7, 11) is 1.93. The smallest absolute Gasteiger partial charge is 0.325 e. The molecule has 0 radical (unpaired) electrons. The second-order valence-corrected chi connectivity index (χ2v) is 6.27. The van der Waals surface area contributed by atoms with Crippen molar-refractivity contribution in [2.75, 3.05) is 13.6 Å². The number of fused-ring (bicyclic) bond motifs is 3. The van der Waals surface area contributed by atoms with Crippen molar-refractivity contribution < 1.29 is 4.79 Å². The summed E-state index contributed by atoms with van der Waals surface area (Å²) in [6, 6.07) is 14.1. The first-order chi connectivity index (χ1) is 11.7. The molecular formula is C18H20N4OS. The molecule has 2 amide bonds. The predicted molar refractivity (Wildman–Crippen MR) is 99.2 cm³/mol. The van der Waals surface area contributed by atoms with Gasteiger partial charge in [0.2, 0.25) is 0 Å². The number of hydrogen-bond acceptors (Lipinski definition) is 4. The van der Waals surface area contributed by atoms with Gasteiger partial charge in [0.25, 0.3) is 0 Å². The first-order valence-corrected chi connectivity index (χ1v) is 8.71. The molecule has 3 rings (SSSR count). The molecule has 24 heavy (non-hydrogen) atoms. The molecule has 0 bridgehead atoms. The number of para-hydroxylation sites is 1. The van der Waals surface area contributed by atoms with Gasteiger partial charge in [0.05, 0.1) is 11.2 Å². The van der Waals surface area contributed by atoms with Crippen LogP contribution in [0.5, 0.6) is 0 Å². The highest BCUT2D eigenvalue weighted by atomic mass is 32.2. The van der Waals surface area contributed by atoms with Crippen LogP contribution in [0.1, 0.15) is 12.5 Å². The van der Waals surface area contributed by atoms with E-state index in [0.29, 0.717) is 6.54 Å². The molecule has 124 valence electrons. The number of carbonyl (C=O) groups is 1. The molecule has 1 aromatic carbocycles. The Labute approximate surface area is 145 Å².